The van der Waals surface area contributed by atoms with Crippen molar-refractivity contribution in [2.75, 3.05) is 13.1 Å². The van der Waals surface area contributed by atoms with Gasteiger partial charge in [0.05, 0.1) is 0 Å². The van der Waals surface area contributed by atoms with E-state index < -0.39 is 37.3 Å². The second kappa shape index (κ2) is 15.6. The Labute approximate surface area is 198 Å². The number of hydrogen-bond acceptors (Lipinski definition) is 0. The number of halogens is 2. The molecule has 28 heavy (non-hydrogen) atoms. The predicted molar refractivity (Wildman–Crippen MR) is 135 cm³/mol. The summed E-state index contributed by atoms with van der Waals surface area (Å²) in [5, 5.41) is 0. The second-order valence-electron chi connectivity index (χ2n) is 9.89. The summed E-state index contributed by atoms with van der Waals surface area (Å²) in [5.74, 6) is 0. The Bertz CT molecular complexity index is 315. The third-order valence-electron chi connectivity index (χ3n) is 6.64. The van der Waals surface area contributed by atoms with Gasteiger partial charge >= 0.3 is 37.9 Å². The molecule has 0 atom stereocenters. The van der Waals surface area contributed by atoms with E-state index in [1.807, 2.05) is 0 Å². The van der Waals surface area contributed by atoms with Gasteiger partial charge in [0.15, 0.2) is 0 Å². The van der Waals surface area contributed by atoms with E-state index in [1.165, 1.54) is 0 Å². The summed E-state index contributed by atoms with van der Waals surface area (Å²) < 4.78 is 0. The second-order valence-corrected chi connectivity index (χ2v) is 24.7. The number of rotatable bonds is 12. The van der Waals surface area contributed by atoms with Gasteiger partial charge < -0.3 is 9.96 Å². The molecule has 0 bridgehead atoms. The predicted octanol–water partition coefficient (Wildman–Crippen LogP) is 9.85. The van der Waals surface area contributed by atoms with E-state index >= 15 is 0 Å². The molecule has 0 aliphatic carbocycles. The van der Waals surface area contributed by atoms with E-state index in [0.717, 1.165) is 52.8 Å². The fraction of sp³-hybridized carbons (Fsp3) is 1.00. The summed E-state index contributed by atoms with van der Waals surface area (Å²) in [6.45, 7) is 30.8. The average molecular weight is 547 g/mol. The van der Waals surface area contributed by atoms with Crippen molar-refractivity contribution in [3.05, 3.63) is 9.96 Å². The molecule has 0 aromatic carbocycles. The van der Waals surface area contributed by atoms with Crippen LogP contribution in [0.1, 0.15) is 89.5 Å². The monoisotopic (exact) mass is 544 g/mol. The molecule has 0 heterocycles. The van der Waals surface area contributed by atoms with Gasteiger partial charge in [-0.15, -0.1) is 0 Å². The van der Waals surface area contributed by atoms with Gasteiger partial charge in [-0.25, -0.2) is 0 Å². The minimum absolute atomic E-state index is 0.722. The molecule has 0 N–H and O–H groups in total. The Morgan fingerprint density at radius 2 is 0.714 bits per heavy atom. The van der Waals surface area contributed by atoms with Gasteiger partial charge in [0.25, 0.3) is 0 Å². The van der Waals surface area contributed by atoms with Crippen LogP contribution >= 0.6 is 17.0 Å². The van der Waals surface area contributed by atoms with Crippen LogP contribution in [0, 0.1) is 0 Å². The molecule has 0 aromatic heterocycles. The fourth-order valence-corrected chi connectivity index (χ4v) is 17.0. The molecule has 0 unspecified atom stereocenters. The zero-order chi connectivity index (χ0) is 22.7. The van der Waals surface area contributed by atoms with Crippen molar-refractivity contribution in [3.8, 4) is 0 Å². The topological polar surface area (TPSA) is 28.2 Å². The van der Waals surface area contributed by atoms with Crippen LogP contribution in [-0.2, 0) is 20.8 Å². The SMILES string of the molecule is CC(C)[Si]([N-]CCC[N-][Si](C(C)C)(C(C)C)C(C)C)(C(C)C)C(C)C.[Cl][Zr+2][Cl]. The molecular weight excluding hydrogens is 499 g/mol. The van der Waals surface area contributed by atoms with Crippen LogP contribution in [0.3, 0.4) is 0 Å². The molecule has 0 amide bonds. The molecule has 0 saturated heterocycles. The minimum atomic E-state index is -1.59. The van der Waals surface area contributed by atoms with Crippen molar-refractivity contribution in [2.45, 2.75) is 123 Å². The van der Waals surface area contributed by atoms with Gasteiger partial charge in [-0.2, -0.15) is 13.1 Å². The third-order valence-corrected chi connectivity index (χ3v) is 19.3. The Morgan fingerprint density at radius 1 is 0.536 bits per heavy atom. The first-order chi connectivity index (χ1) is 12.8. The van der Waals surface area contributed by atoms with Crippen molar-refractivity contribution < 1.29 is 20.8 Å². The molecule has 168 valence electrons. The third kappa shape index (κ3) is 8.75. The Balaban J connectivity index is 0. The Morgan fingerprint density at radius 3 is 0.857 bits per heavy atom. The quantitative estimate of drug-likeness (QED) is 0.172. The van der Waals surface area contributed by atoms with Crippen LogP contribution in [0.15, 0.2) is 0 Å². The van der Waals surface area contributed by atoms with E-state index in [9.17, 15) is 0 Å². The van der Waals surface area contributed by atoms with E-state index in [-0.39, 0.29) is 0 Å². The van der Waals surface area contributed by atoms with Crippen molar-refractivity contribution in [1.82, 2.24) is 0 Å². The van der Waals surface area contributed by atoms with Crippen molar-refractivity contribution in [2.24, 2.45) is 0 Å². The van der Waals surface area contributed by atoms with Gasteiger partial charge in [0.2, 0.25) is 0 Å². The molecule has 0 aromatic rings. The van der Waals surface area contributed by atoms with Gasteiger partial charge in [0.1, 0.15) is 0 Å². The zero-order valence-electron chi connectivity index (χ0n) is 20.7. The molecular formula is C21H48Cl2N2Si2Zr. The van der Waals surface area contributed by atoms with Gasteiger partial charge in [-0.05, 0) is 16.5 Å². The van der Waals surface area contributed by atoms with Crippen LogP contribution in [0.4, 0.5) is 0 Å². The van der Waals surface area contributed by atoms with E-state index in [4.69, 9.17) is 27.0 Å². The molecule has 0 rings (SSSR count). The maximum atomic E-state index is 5.40. The average Bonchev–Trinajstić information content (AvgIpc) is 2.52. The van der Waals surface area contributed by atoms with Crippen LogP contribution in [-0.4, -0.2) is 29.6 Å². The normalized spacial score (nSPS) is 13.0. The summed E-state index contributed by atoms with van der Waals surface area (Å²) in [6.07, 6.45) is 1.14. The van der Waals surface area contributed by atoms with Crippen molar-refractivity contribution in [1.29, 1.82) is 0 Å². The van der Waals surface area contributed by atoms with E-state index in [2.05, 4.69) is 83.1 Å². The van der Waals surface area contributed by atoms with Crippen LogP contribution in [0.25, 0.3) is 9.96 Å². The number of hydrogen-bond donors (Lipinski definition) is 0. The fourth-order valence-electron chi connectivity index (χ4n) is 5.71. The number of nitrogens with zero attached hydrogens (tertiary/aromatic N) is 2. The summed E-state index contributed by atoms with van der Waals surface area (Å²) in [5.41, 5.74) is 4.33. The maximum absolute atomic E-state index is 5.40. The van der Waals surface area contributed by atoms with Gasteiger partial charge in [-0.3, -0.25) is 0 Å². The molecule has 0 aliphatic rings. The van der Waals surface area contributed by atoms with Crippen LogP contribution in [0.5, 0.6) is 0 Å². The van der Waals surface area contributed by atoms with Gasteiger partial charge in [-0.1, -0.05) is 123 Å². The van der Waals surface area contributed by atoms with Crippen molar-refractivity contribution >= 4 is 33.5 Å². The van der Waals surface area contributed by atoms with Crippen LogP contribution in [0.2, 0.25) is 33.2 Å². The molecule has 7 heteroatoms. The first kappa shape index (κ1) is 32.0. The summed E-state index contributed by atoms with van der Waals surface area (Å²) >= 11 is -0.826. The summed E-state index contributed by atoms with van der Waals surface area (Å²) in [7, 11) is 6.68. The summed E-state index contributed by atoms with van der Waals surface area (Å²) in [4.78, 5) is 10.8. The van der Waals surface area contributed by atoms with Gasteiger partial charge in [0, 0.05) is 0 Å². The molecule has 0 spiro atoms. The first-order valence-corrected chi connectivity index (χ1v) is 21.8. The Hall–Kier alpha value is 1.82. The standard InChI is InChI=1S/C21H48N2Si2.2ClH.Zr/c1-16(2)24(17(3)4,18(5)6)22-14-13-15-23-25(19(7)8,20(9)10)21(11)12;;;/h16-21H,13-15H2,1-12H3;2*1H;/q-2;;;+4/p-2. The van der Waals surface area contributed by atoms with E-state index in [1.54, 1.807) is 0 Å². The molecule has 2 nitrogen and oxygen atoms in total. The zero-order valence-corrected chi connectivity index (χ0v) is 26.7. The Kier molecular flexibility index (Phi) is 17.8. The molecule has 0 saturated carbocycles. The van der Waals surface area contributed by atoms with Crippen LogP contribution < -0.4 is 0 Å². The first-order valence-electron chi connectivity index (χ1n) is 11.1. The molecule has 0 radical (unpaired) electrons. The molecule has 0 aliphatic heterocycles. The molecule has 0 fully saturated rings. The van der Waals surface area contributed by atoms with E-state index in [0.29, 0.717) is 0 Å². The van der Waals surface area contributed by atoms with Crippen molar-refractivity contribution in [3.63, 3.8) is 0 Å². The summed E-state index contributed by atoms with van der Waals surface area (Å²) in [6, 6.07) is 0.